The van der Waals surface area contributed by atoms with Crippen molar-refractivity contribution in [1.29, 1.82) is 0 Å². The van der Waals surface area contributed by atoms with E-state index < -0.39 is 0 Å². The molecule has 0 saturated carbocycles. The topological polar surface area (TPSA) is 64.2 Å². The van der Waals surface area contributed by atoms with E-state index in [0.29, 0.717) is 16.9 Å². The van der Waals surface area contributed by atoms with Gasteiger partial charge in [-0.05, 0) is 48.7 Å². The number of halogens is 1. The lowest BCUT2D eigenvalue weighted by molar-refractivity contribution is 0.500. The number of nitrogens with two attached hydrogens (primary N) is 1. The van der Waals surface area contributed by atoms with Crippen LogP contribution in [0.15, 0.2) is 15.5 Å². The zero-order valence-corrected chi connectivity index (χ0v) is 12.4. The summed E-state index contributed by atoms with van der Waals surface area (Å²) in [6.45, 7) is 6.43. The van der Waals surface area contributed by atoms with E-state index in [1.54, 1.807) is 6.20 Å². The van der Waals surface area contributed by atoms with Gasteiger partial charge < -0.3 is 10.6 Å². The fourth-order valence-electron chi connectivity index (χ4n) is 2.27. The molecule has 1 aliphatic heterocycles. The molecule has 2 rings (SSSR count). The maximum Gasteiger partial charge on any atom is 0.283 e. The third-order valence-electron chi connectivity index (χ3n) is 3.37. The van der Waals surface area contributed by atoms with Gasteiger partial charge in [0, 0.05) is 13.1 Å². The lowest BCUT2D eigenvalue weighted by Crippen LogP contribution is -2.30. The van der Waals surface area contributed by atoms with Crippen molar-refractivity contribution in [3.63, 3.8) is 0 Å². The Hall–Kier alpha value is -0.880. The predicted molar refractivity (Wildman–Crippen MR) is 76.0 cm³/mol. The molecule has 0 bridgehead atoms. The van der Waals surface area contributed by atoms with Gasteiger partial charge in [0.2, 0.25) is 0 Å². The summed E-state index contributed by atoms with van der Waals surface area (Å²) in [6, 6.07) is 0.0678. The lowest BCUT2D eigenvalue weighted by Gasteiger charge is -2.20. The van der Waals surface area contributed by atoms with Gasteiger partial charge in [0.25, 0.3) is 5.56 Å². The van der Waals surface area contributed by atoms with Crippen molar-refractivity contribution in [2.45, 2.75) is 26.3 Å². The van der Waals surface area contributed by atoms with Crippen LogP contribution in [0.3, 0.4) is 0 Å². The Morgan fingerprint density at radius 3 is 2.89 bits per heavy atom. The first kappa shape index (κ1) is 13.5. The molecule has 1 aromatic heterocycles. The zero-order valence-electron chi connectivity index (χ0n) is 10.8. The minimum Gasteiger partial charge on any atom is -0.369 e. The van der Waals surface area contributed by atoms with Crippen LogP contribution in [-0.4, -0.2) is 29.4 Å². The summed E-state index contributed by atoms with van der Waals surface area (Å²) in [6.07, 6.45) is 2.85. The maximum atomic E-state index is 12.1. The second-order valence-electron chi connectivity index (χ2n) is 5.02. The van der Waals surface area contributed by atoms with Crippen molar-refractivity contribution in [2.24, 2.45) is 11.7 Å². The predicted octanol–water partition coefficient (Wildman–Crippen LogP) is 1.37. The van der Waals surface area contributed by atoms with E-state index in [4.69, 9.17) is 5.73 Å². The van der Waals surface area contributed by atoms with Crippen LogP contribution in [0.2, 0.25) is 0 Å². The molecule has 6 heteroatoms. The van der Waals surface area contributed by atoms with Crippen LogP contribution >= 0.6 is 15.9 Å². The molecule has 2 heterocycles. The molecule has 2 N–H and O–H groups in total. The van der Waals surface area contributed by atoms with Gasteiger partial charge in [-0.1, -0.05) is 0 Å². The molecule has 0 aliphatic carbocycles. The molecule has 1 aromatic rings. The average molecular weight is 315 g/mol. The van der Waals surface area contributed by atoms with E-state index in [9.17, 15) is 4.79 Å². The van der Waals surface area contributed by atoms with E-state index in [1.165, 1.54) is 4.68 Å². The van der Waals surface area contributed by atoms with Gasteiger partial charge in [-0.2, -0.15) is 5.10 Å². The number of nitrogens with zero attached hydrogens (tertiary/aromatic N) is 3. The van der Waals surface area contributed by atoms with Crippen LogP contribution in [0, 0.1) is 5.92 Å². The highest BCUT2D eigenvalue weighted by molar-refractivity contribution is 9.10. The van der Waals surface area contributed by atoms with Gasteiger partial charge in [-0.3, -0.25) is 4.79 Å². The van der Waals surface area contributed by atoms with Crippen LogP contribution in [0.25, 0.3) is 0 Å². The number of anilines is 1. The summed E-state index contributed by atoms with van der Waals surface area (Å²) >= 11 is 3.40. The van der Waals surface area contributed by atoms with Gasteiger partial charge in [0.15, 0.2) is 0 Å². The molecular formula is C12H19BrN4O. The largest absolute Gasteiger partial charge is 0.369 e. The van der Waals surface area contributed by atoms with E-state index in [-0.39, 0.29) is 11.6 Å². The molecule has 1 aliphatic rings. The number of rotatable bonds is 3. The first-order valence-corrected chi connectivity index (χ1v) is 7.06. The lowest BCUT2D eigenvalue weighted by atomic mass is 10.1. The van der Waals surface area contributed by atoms with Crippen LogP contribution < -0.4 is 16.2 Å². The smallest absolute Gasteiger partial charge is 0.283 e. The van der Waals surface area contributed by atoms with Gasteiger partial charge in [0.1, 0.15) is 4.47 Å². The number of hydrogen-bond acceptors (Lipinski definition) is 4. The van der Waals surface area contributed by atoms with Crippen molar-refractivity contribution < 1.29 is 0 Å². The highest BCUT2D eigenvalue weighted by Gasteiger charge is 2.24. The van der Waals surface area contributed by atoms with Crippen LogP contribution in [-0.2, 0) is 0 Å². The van der Waals surface area contributed by atoms with Gasteiger partial charge in [0.05, 0.1) is 17.9 Å². The standard InChI is InChI=1S/C12H19BrN4O/c1-8(2)17-12(18)11(13)10(6-15-17)16-4-3-9(5-14)7-16/h6,8-9H,3-5,7,14H2,1-2H3. The van der Waals surface area contributed by atoms with E-state index in [2.05, 4.69) is 25.9 Å². The average Bonchev–Trinajstić information content (AvgIpc) is 2.80. The third kappa shape index (κ3) is 2.44. The maximum absolute atomic E-state index is 12.1. The Morgan fingerprint density at radius 1 is 1.61 bits per heavy atom. The summed E-state index contributed by atoms with van der Waals surface area (Å²) in [5.74, 6) is 0.518. The summed E-state index contributed by atoms with van der Waals surface area (Å²) in [4.78, 5) is 14.3. The Bertz CT molecular complexity index is 485. The molecule has 0 aromatic carbocycles. The molecule has 1 unspecified atom stereocenters. The summed E-state index contributed by atoms with van der Waals surface area (Å²) in [7, 11) is 0. The van der Waals surface area contributed by atoms with E-state index in [0.717, 1.165) is 25.2 Å². The van der Waals surface area contributed by atoms with Crippen LogP contribution in [0.5, 0.6) is 0 Å². The van der Waals surface area contributed by atoms with Crippen molar-refractivity contribution in [3.8, 4) is 0 Å². The minimum atomic E-state index is -0.0706. The van der Waals surface area contributed by atoms with Crippen molar-refractivity contribution in [1.82, 2.24) is 9.78 Å². The zero-order chi connectivity index (χ0) is 13.3. The van der Waals surface area contributed by atoms with Gasteiger partial charge in [-0.25, -0.2) is 4.68 Å². The fraction of sp³-hybridized carbons (Fsp3) is 0.667. The molecule has 1 saturated heterocycles. The minimum absolute atomic E-state index is 0.0678. The first-order valence-electron chi connectivity index (χ1n) is 6.27. The van der Waals surface area contributed by atoms with E-state index in [1.807, 2.05) is 13.8 Å². The molecule has 0 amide bonds. The summed E-state index contributed by atoms with van der Waals surface area (Å²) in [5, 5.41) is 4.24. The SMILES string of the molecule is CC(C)n1ncc(N2CCC(CN)C2)c(Br)c1=O. The normalized spacial score (nSPS) is 19.8. The van der Waals surface area contributed by atoms with Crippen LogP contribution in [0.4, 0.5) is 5.69 Å². The molecule has 0 spiro atoms. The second-order valence-corrected chi connectivity index (χ2v) is 5.82. The monoisotopic (exact) mass is 314 g/mol. The number of aromatic nitrogens is 2. The number of hydrogen-bond donors (Lipinski definition) is 1. The Balaban J connectivity index is 2.31. The highest BCUT2D eigenvalue weighted by Crippen LogP contribution is 2.27. The third-order valence-corrected chi connectivity index (χ3v) is 4.12. The molecule has 1 fully saturated rings. The Morgan fingerprint density at radius 2 is 2.33 bits per heavy atom. The molecule has 5 nitrogen and oxygen atoms in total. The molecule has 18 heavy (non-hydrogen) atoms. The summed E-state index contributed by atoms with van der Waals surface area (Å²) in [5.41, 5.74) is 6.50. The summed E-state index contributed by atoms with van der Waals surface area (Å²) < 4.78 is 2.09. The van der Waals surface area contributed by atoms with Crippen molar-refractivity contribution >= 4 is 21.6 Å². The Labute approximate surface area is 115 Å². The molecule has 1 atom stereocenters. The van der Waals surface area contributed by atoms with Gasteiger partial charge in [-0.15, -0.1) is 0 Å². The molecular weight excluding hydrogens is 296 g/mol. The highest BCUT2D eigenvalue weighted by atomic mass is 79.9. The van der Waals surface area contributed by atoms with Crippen molar-refractivity contribution in [3.05, 3.63) is 21.0 Å². The fourth-order valence-corrected chi connectivity index (χ4v) is 2.80. The molecule has 100 valence electrons. The molecule has 0 radical (unpaired) electrons. The van der Waals surface area contributed by atoms with Crippen molar-refractivity contribution in [2.75, 3.05) is 24.5 Å². The second kappa shape index (κ2) is 5.40. The van der Waals surface area contributed by atoms with Crippen LogP contribution in [0.1, 0.15) is 26.3 Å². The first-order chi connectivity index (χ1) is 8.54. The van der Waals surface area contributed by atoms with Gasteiger partial charge >= 0.3 is 0 Å². The van der Waals surface area contributed by atoms with E-state index >= 15 is 0 Å². The quantitative estimate of drug-likeness (QED) is 0.915. The Kier molecular flexibility index (Phi) is 4.07.